The highest BCUT2D eigenvalue weighted by molar-refractivity contribution is 7.90. The van der Waals surface area contributed by atoms with Crippen LogP contribution in [0, 0.1) is 0 Å². The zero-order valence-corrected chi connectivity index (χ0v) is 13.2. The van der Waals surface area contributed by atoms with Crippen molar-refractivity contribution in [3.05, 3.63) is 34.9 Å². The lowest BCUT2D eigenvalue weighted by molar-refractivity contribution is -0.141. The minimum absolute atomic E-state index is 0.115. The second-order valence-corrected chi connectivity index (χ2v) is 7.58. The number of amides is 2. The van der Waals surface area contributed by atoms with Gasteiger partial charge in [-0.2, -0.15) is 0 Å². The van der Waals surface area contributed by atoms with Gasteiger partial charge in [0, 0.05) is 6.26 Å². The van der Waals surface area contributed by atoms with Crippen LogP contribution in [0.15, 0.2) is 18.2 Å². The molecule has 1 unspecified atom stereocenters. The van der Waals surface area contributed by atoms with Gasteiger partial charge in [-0.3, -0.25) is 14.5 Å². The SMILES string of the molecule is CS(=O)(=O)CCC(C(=O)O)N1C(=O)c2ccc(C(=O)O)cc2C1=O. The van der Waals surface area contributed by atoms with Crippen molar-refractivity contribution in [3.8, 4) is 0 Å². The maximum atomic E-state index is 12.4. The number of carboxylic acids is 2. The Morgan fingerprint density at radius 1 is 1.12 bits per heavy atom. The Labute approximate surface area is 136 Å². The number of carboxylic acid groups (broad SMARTS) is 2. The number of hydrogen-bond donors (Lipinski definition) is 2. The van der Waals surface area contributed by atoms with Gasteiger partial charge in [-0.25, -0.2) is 18.0 Å². The largest absolute Gasteiger partial charge is 0.480 e. The predicted octanol–water partition coefficient (Wildman–Crippen LogP) is -0.131. The maximum absolute atomic E-state index is 12.4. The van der Waals surface area contributed by atoms with Crippen molar-refractivity contribution in [2.24, 2.45) is 0 Å². The Balaban J connectivity index is 2.40. The van der Waals surface area contributed by atoms with E-state index in [2.05, 4.69) is 0 Å². The van der Waals surface area contributed by atoms with Crippen LogP contribution in [0.1, 0.15) is 37.5 Å². The molecule has 2 rings (SSSR count). The highest BCUT2D eigenvalue weighted by Gasteiger charge is 2.43. The van der Waals surface area contributed by atoms with E-state index in [1.807, 2.05) is 0 Å². The van der Waals surface area contributed by atoms with Gasteiger partial charge in [0.25, 0.3) is 11.8 Å². The van der Waals surface area contributed by atoms with Gasteiger partial charge in [-0.05, 0) is 24.6 Å². The first-order valence-electron chi connectivity index (χ1n) is 6.68. The van der Waals surface area contributed by atoms with Crippen LogP contribution in [0.25, 0.3) is 0 Å². The van der Waals surface area contributed by atoms with Crippen LogP contribution in [-0.2, 0) is 14.6 Å². The molecule has 1 aromatic carbocycles. The van der Waals surface area contributed by atoms with Crippen molar-refractivity contribution >= 4 is 33.6 Å². The van der Waals surface area contributed by atoms with Crippen LogP contribution in [0.5, 0.6) is 0 Å². The van der Waals surface area contributed by atoms with E-state index in [9.17, 15) is 32.7 Å². The van der Waals surface area contributed by atoms with Gasteiger partial charge in [-0.15, -0.1) is 0 Å². The number of carbonyl (C=O) groups is 4. The van der Waals surface area contributed by atoms with E-state index in [0.717, 1.165) is 24.5 Å². The third kappa shape index (κ3) is 3.27. The van der Waals surface area contributed by atoms with Gasteiger partial charge >= 0.3 is 11.9 Å². The molecule has 9 nitrogen and oxygen atoms in total. The molecule has 1 aliphatic heterocycles. The lowest BCUT2D eigenvalue weighted by Gasteiger charge is -2.22. The number of fused-ring (bicyclic) bond motifs is 1. The van der Waals surface area contributed by atoms with E-state index in [-0.39, 0.29) is 16.7 Å². The number of nitrogens with zero attached hydrogens (tertiary/aromatic N) is 1. The molecule has 128 valence electrons. The zero-order chi connectivity index (χ0) is 18.2. The van der Waals surface area contributed by atoms with E-state index >= 15 is 0 Å². The summed E-state index contributed by atoms with van der Waals surface area (Å²) in [6.45, 7) is 0. The van der Waals surface area contributed by atoms with Crippen LogP contribution < -0.4 is 0 Å². The number of rotatable bonds is 6. The molecular formula is C14H13NO8S. The summed E-state index contributed by atoms with van der Waals surface area (Å²) in [7, 11) is -3.49. The van der Waals surface area contributed by atoms with Crippen LogP contribution >= 0.6 is 0 Å². The number of imide groups is 1. The van der Waals surface area contributed by atoms with Crippen LogP contribution in [-0.4, -0.2) is 65.3 Å². The minimum atomic E-state index is -3.49. The second-order valence-electron chi connectivity index (χ2n) is 5.32. The quantitative estimate of drug-likeness (QED) is 0.671. The van der Waals surface area contributed by atoms with Crippen molar-refractivity contribution in [3.63, 3.8) is 0 Å². The number of carbonyl (C=O) groups excluding carboxylic acids is 2. The first-order valence-corrected chi connectivity index (χ1v) is 8.74. The second kappa shape index (κ2) is 6.04. The van der Waals surface area contributed by atoms with Gasteiger partial charge in [0.15, 0.2) is 0 Å². The lowest BCUT2D eigenvalue weighted by atomic mass is 10.1. The minimum Gasteiger partial charge on any atom is -0.480 e. The summed E-state index contributed by atoms with van der Waals surface area (Å²) in [6.07, 6.45) is 0.457. The molecule has 1 heterocycles. The molecule has 0 saturated carbocycles. The van der Waals surface area contributed by atoms with Gasteiger partial charge in [0.2, 0.25) is 0 Å². The normalized spacial score (nSPS) is 15.3. The van der Waals surface area contributed by atoms with Crippen molar-refractivity contribution in [2.75, 3.05) is 12.0 Å². The molecule has 1 aromatic rings. The molecule has 1 atom stereocenters. The zero-order valence-electron chi connectivity index (χ0n) is 12.4. The van der Waals surface area contributed by atoms with Gasteiger partial charge in [0.05, 0.1) is 22.4 Å². The molecule has 24 heavy (non-hydrogen) atoms. The Morgan fingerprint density at radius 2 is 1.71 bits per heavy atom. The molecule has 1 aliphatic rings. The monoisotopic (exact) mass is 355 g/mol. The van der Waals surface area contributed by atoms with Gasteiger partial charge in [-0.1, -0.05) is 0 Å². The van der Waals surface area contributed by atoms with E-state index in [1.54, 1.807) is 0 Å². The highest BCUT2D eigenvalue weighted by Crippen LogP contribution is 2.27. The Hall–Kier alpha value is -2.75. The van der Waals surface area contributed by atoms with Crippen molar-refractivity contribution < 1.29 is 37.8 Å². The molecular weight excluding hydrogens is 342 g/mol. The van der Waals surface area contributed by atoms with E-state index < -0.39 is 51.8 Å². The van der Waals surface area contributed by atoms with Crippen LogP contribution in [0.2, 0.25) is 0 Å². The third-order valence-electron chi connectivity index (χ3n) is 3.52. The highest BCUT2D eigenvalue weighted by atomic mass is 32.2. The van der Waals surface area contributed by atoms with E-state index in [1.165, 1.54) is 0 Å². The number of aromatic carboxylic acids is 1. The summed E-state index contributed by atoms with van der Waals surface area (Å²) in [5.74, 6) is -5.19. The number of hydrogen-bond acceptors (Lipinski definition) is 6. The smallest absolute Gasteiger partial charge is 0.335 e. The summed E-state index contributed by atoms with van der Waals surface area (Å²) < 4.78 is 22.5. The van der Waals surface area contributed by atoms with E-state index in [4.69, 9.17) is 5.11 Å². The summed E-state index contributed by atoms with van der Waals surface area (Å²) in [6, 6.07) is 1.60. The Morgan fingerprint density at radius 3 is 2.21 bits per heavy atom. The van der Waals surface area contributed by atoms with Crippen molar-refractivity contribution in [2.45, 2.75) is 12.5 Å². The average Bonchev–Trinajstić information content (AvgIpc) is 2.70. The van der Waals surface area contributed by atoms with E-state index in [0.29, 0.717) is 4.90 Å². The average molecular weight is 355 g/mol. The number of sulfone groups is 1. The standard InChI is InChI=1S/C14H13NO8S/c1-24(22,23)5-4-10(14(20)21)15-11(16)8-3-2-7(13(18)19)6-9(8)12(15)17/h2-3,6,10H,4-5H2,1H3,(H,18,19)(H,20,21). The molecule has 0 radical (unpaired) electrons. The third-order valence-corrected chi connectivity index (χ3v) is 4.50. The fourth-order valence-electron chi connectivity index (χ4n) is 2.36. The molecule has 10 heteroatoms. The van der Waals surface area contributed by atoms with Gasteiger partial charge in [0.1, 0.15) is 15.9 Å². The fraction of sp³-hybridized carbons (Fsp3) is 0.286. The maximum Gasteiger partial charge on any atom is 0.335 e. The lowest BCUT2D eigenvalue weighted by Crippen LogP contribution is -2.45. The van der Waals surface area contributed by atoms with Gasteiger partial charge < -0.3 is 10.2 Å². The van der Waals surface area contributed by atoms with Crippen molar-refractivity contribution in [1.82, 2.24) is 4.90 Å². The summed E-state index contributed by atoms with van der Waals surface area (Å²) >= 11 is 0. The Kier molecular flexibility index (Phi) is 4.43. The first kappa shape index (κ1) is 17.6. The molecule has 0 aromatic heterocycles. The summed E-state index contributed by atoms with van der Waals surface area (Å²) in [5, 5.41) is 18.2. The molecule has 0 spiro atoms. The summed E-state index contributed by atoms with van der Waals surface area (Å²) in [5.41, 5.74) is -0.555. The summed E-state index contributed by atoms with van der Waals surface area (Å²) in [4.78, 5) is 47.5. The number of aliphatic carboxylic acids is 1. The predicted molar refractivity (Wildman–Crippen MR) is 79.7 cm³/mol. The topological polar surface area (TPSA) is 146 Å². The number of benzene rings is 1. The fourth-order valence-corrected chi connectivity index (χ4v) is 3.02. The molecule has 0 fully saturated rings. The molecule has 0 saturated heterocycles. The first-order chi connectivity index (χ1) is 11.0. The van der Waals surface area contributed by atoms with Crippen LogP contribution in [0.3, 0.4) is 0 Å². The van der Waals surface area contributed by atoms with Crippen molar-refractivity contribution in [1.29, 1.82) is 0 Å². The molecule has 2 N–H and O–H groups in total. The van der Waals surface area contributed by atoms with Crippen LogP contribution in [0.4, 0.5) is 0 Å². The molecule has 2 amide bonds. The molecule has 0 bridgehead atoms. The Bertz CT molecular complexity index is 858. The molecule has 0 aliphatic carbocycles.